The lowest BCUT2D eigenvalue weighted by molar-refractivity contribution is -0.143. The molecule has 9 heteroatoms. The number of aromatic nitrogens is 2. The summed E-state index contributed by atoms with van der Waals surface area (Å²) < 4.78 is 39.4. The molecule has 1 unspecified atom stereocenters. The predicted molar refractivity (Wildman–Crippen MR) is 112 cm³/mol. The van der Waals surface area contributed by atoms with E-state index in [9.17, 15) is 13.2 Å². The summed E-state index contributed by atoms with van der Waals surface area (Å²) in [5, 5.41) is 10.7. The maximum atomic E-state index is 12.5. The van der Waals surface area contributed by atoms with Gasteiger partial charge in [-0.25, -0.2) is 4.68 Å². The Morgan fingerprint density at radius 1 is 1.23 bits per heavy atom. The molecule has 1 aliphatic heterocycles. The van der Waals surface area contributed by atoms with Gasteiger partial charge in [0.1, 0.15) is 0 Å². The topological polar surface area (TPSA) is 57.5 Å². The Hall–Kier alpha value is -2.55. The SMILES string of the molecule is CCNC(=NCC1CCN(CC(F)(F)F)C1)NCCc1ccc(-n2cccn2)cc1. The highest BCUT2D eigenvalue weighted by atomic mass is 19.4. The van der Waals surface area contributed by atoms with Crippen LogP contribution in [0.4, 0.5) is 13.2 Å². The first-order chi connectivity index (χ1) is 14.4. The van der Waals surface area contributed by atoms with Gasteiger partial charge in [0.05, 0.1) is 12.2 Å². The lowest BCUT2D eigenvalue weighted by Crippen LogP contribution is -2.38. The smallest absolute Gasteiger partial charge is 0.357 e. The molecule has 164 valence electrons. The first kappa shape index (κ1) is 22.1. The Kier molecular flexibility index (Phi) is 7.73. The van der Waals surface area contributed by atoms with Gasteiger partial charge < -0.3 is 10.6 Å². The summed E-state index contributed by atoms with van der Waals surface area (Å²) in [7, 11) is 0. The van der Waals surface area contributed by atoms with E-state index in [0.29, 0.717) is 25.6 Å². The molecule has 1 fully saturated rings. The highest BCUT2D eigenvalue weighted by molar-refractivity contribution is 5.79. The minimum absolute atomic E-state index is 0.164. The average Bonchev–Trinajstić information content (AvgIpc) is 3.38. The summed E-state index contributed by atoms with van der Waals surface area (Å²) >= 11 is 0. The third-order valence-corrected chi connectivity index (χ3v) is 5.04. The number of halogens is 3. The molecule has 1 aliphatic rings. The number of benzene rings is 1. The molecule has 0 radical (unpaired) electrons. The van der Waals surface area contributed by atoms with Crippen LogP contribution in [0.1, 0.15) is 18.9 Å². The number of aliphatic imine (C=N–C) groups is 1. The third-order valence-electron chi connectivity index (χ3n) is 5.04. The quantitative estimate of drug-likeness (QED) is 0.507. The van der Waals surface area contributed by atoms with Gasteiger partial charge in [0.15, 0.2) is 5.96 Å². The first-order valence-corrected chi connectivity index (χ1v) is 10.3. The van der Waals surface area contributed by atoms with Gasteiger partial charge in [-0.1, -0.05) is 12.1 Å². The minimum Gasteiger partial charge on any atom is -0.357 e. The fourth-order valence-corrected chi connectivity index (χ4v) is 3.58. The van der Waals surface area contributed by atoms with Gasteiger partial charge >= 0.3 is 6.18 Å². The van der Waals surface area contributed by atoms with E-state index in [-0.39, 0.29) is 5.92 Å². The van der Waals surface area contributed by atoms with Crippen molar-refractivity contribution in [1.29, 1.82) is 0 Å². The fourth-order valence-electron chi connectivity index (χ4n) is 3.58. The first-order valence-electron chi connectivity index (χ1n) is 10.3. The van der Waals surface area contributed by atoms with E-state index in [1.54, 1.807) is 6.20 Å². The highest BCUT2D eigenvalue weighted by Crippen LogP contribution is 2.22. The van der Waals surface area contributed by atoms with Crippen LogP contribution in [0, 0.1) is 5.92 Å². The molecular weight excluding hydrogens is 393 g/mol. The van der Waals surface area contributed by atoms with E-state index in [1.165, 1.54) is 10.5 Å². The van der Waals surface area contributed by atoms with E-state index in [1.807, 2.05) is 36.0 Å². The van der Waals surface area contributed by atoms with Crippen molar-refractivity contribution in [2.75, 3.05) is 39.3 Å². The van der Waals surface area contributed by atoms with Crippen molar-refractivity contribution in [1.82, 2.24) is 25.3 Å². The molecule has 2 aromatic rings. The molecule has 0 aliphatic carbocycles. The predicted octanol–water partition coefficient (Wildman–Crippen LogP) is 2.85. The van der Waals surface area contributed by atoms with E-state index in [4.69, 9.17) is 0 Å². The van der Waals surface area contributed by atoms with Crippen LogP contribution in [-0.4, -0.2) is 66.1 Å². The summed E-state index contributed by atoms with van der Waals surface area (Å²) in [6.07, 6.45) is 1.11. The van der Waals surface area contributed by atoms with Gasteiger partial charge in [0, 0.05) is 38.6 Å². The molecule has 1 aromatic carbocycles. The Morgan fingerprint density at radius 3 is 2.70 bits per heavy atom. The lowest BCUT2D eigenvalue weighted by Gasteiger charge is -2.17. The Balaban J connectivity index is 1.44. The van der Waals surface area contributed by atoms with Crippen molar-refractivity contribution in [2.24, 2.45) is 10.9 Å². The van der Waals surface area contributed by atoms with Gasteiger partial charge in [-0.15, -0.1) is 0 Å². The van der Waals surface area contributed by atoms with Crippen LogP contribution >= 0.6 is 0 Å². The molecule has 1 atom stereocenters. The minimum atomic E-state index is -4.13. The summed E-state index contributed by atoms with van der Waals surface area (Å²) in [6, 6.07) is 10.1. The van der Waals surface area contributed by atoms with Gasteiger partial charge in [-0.2, -0.15) is 18.3 Å². The molecule has 0 saturated carbocycles. The molecule has 1 saturated heterocycles. The number of alkyl halides is 3. The fraction of sp³-hybridized carbons (Fsp3) is 0.524. The highest BCUT2D eigenvalue weighted by Gasteiger charge is 2.34. The zero-order valence-corrected chi connectivity index (χ0v) is 17.2. The van der Waals surface area contributed by atoms with E-state index < -0.39 is 12.7 Å². The normalized spacial score (nSPS) is 18.0. The summed E-state index contributed by atoms with van der Waals surface area (Å²) in [6.45, 7) is 4.08. The van der Waals surface area contributed by atoms with Crippen LogP contribution in [0.15, 0.2) is 47.7 Å². The zero-order chi connectivity index (χ0) is 21.4. The number of hydrogen-bond donors (Lipinski definition) is 2. The van der Waals surface area contributed by atoms with Crippen LogP contribution in [-0.2, 0) is 6.42 Å². The second kappa shape index (κ2) is 10.5. The lowest BCUT2D eigenvalue weighted by atomic mass is 10.1. The molecule has 0 spiro atoms. The van der Waals surface area contributed by atoms with Crippen molar-refractivity contribution in [3.63, 3.8) is 0 Å². The molecule has 0 bridgehead atoms. The van der Waals surface area contributed by atoms with Crippen molar-refractivity contribution < 1.29 is 13.2 Å². The van der Waals surface area contributed by atoms with Crippen LogP contribution in [0.2, 0.25) is 0 Å². The standard InChI is InChI=1S/C21H29F3N6/c1-2-25-20(27-14-18-9-13-29(15-18)16-21(22,23)24)26-11-8-17-4-6-19(7-5-17)30-12-3-10-28-30/h3-7,10,12,18H,2,8-9,11,13-16H2,1H3,(H2,25,26,27). The van der Waals surface area contributed by atoms with E-state index >= 15 is 0 Å². The molecule has 30 heavy (non-hydrogen) atoms. The van der Waals surface area contributed by atoms with Crippen molar-refractivity contribution in [3.8, 4) is 5.69 Å². The third kappa shape index (κ3) is 7.05. The molecular formula is C21H29F3N6. The van der Waals surface area contributed by atoms with Gasteiger partial charge in [0.25, 0.3) is 0 Å². The van der Waals surface area contributed by atoms with Crippen LogP contribution in [0.25, 0.3) is 5.69 Å². The summed E-state index contributed by atoms with van der Waals surface area (Å²) in [4.78, 5) is 6.05. The molecule has 2 heterocycles. The summed E-state index contributed by atoms with van der Waals surface area (Å²) in [5.74, 6) is 0.873. The zero-order valence-electron chi connectivity index (χ0n) is 17.2. The average molecular weight is 422 g/mol. The Bertz CT molecular complexity index is 786. The Labute approximate surface area is 175 Å². The van der Waals surface area contributed by atoms with E-state index in [0.717, 1.165) is 31.6 Å². The summed E-state index contributed by atoms with van der Waals surface area (Å²) in [5.41, 5.74) is 2.22. The molecule has 3 rings (SSSR count). The number of guanidine groups is 1. The number of likely N-dealkylation sites (tertiary alicyclic amines) is 1. The number of nitrogens with zero attached hydrogens (tertiary/aromatic N) is 4. The largest absolute Gasteiger partial charge is 0.401 e. The maximum Gasteiger partial charge on any atom is 0.401 e. The maximum absolute atomic E-state index is 12.5. The Morgan fingerprint density at radius 2 is 2.03 bits per heavy atom. The van der Waals surface area contributed by atoms with Crippen LogP contribution < -0.4 is 10.6 Å². The van der Waals surface area contributed by atoms with Crippen LogP contribution in [0.5, 0.6) is 0 Å². The van der Waals surface area contributed by atoms with Crippen molar-refractivity contribution in [2.45, 2.75) is 25.9 Å². The molecule has 0 amide bonds. The van der Waals surface area contributed by atoms with Gasteiger partial charge in [0.2, 0.25) is 0 Å². The van der Waals surface area contributed by atoms with Crippen LogP contribution in [0.3, 0.4) is 0 Å². The van der Waals surface area contributed by atoms with Crippen molar-refractivity contribution in [3.05, 3.63) is 48.3 Å². The second-order valence-corrected chi connectivity index (χ2v) is 7.52. The van der Waals surface area contributed by atoms with E-state index in [2.05, 4.69) is 32.9 Å². The van der Waals surface area contributed by atoms with Gasteiger partial charge in [-0.05, 0) is 56.0 Å². The monoisotopic (exact) mass is 422 g/mol. The van der Waals surface area contributed by atoms with Crippen molar-refractivity contribution >= 4 is 5.96 Å². The molecule has 1 aromatic heterocycles. The van der Waals surface area contributed by atoms with Gasteiger partial charge in [-0.3, -0.25) is 9.89 Å². The number of hydrogen-bond acceptors (Lipinski definition) is 3. The number of nitrogens with one attached hydrogen (secondary N) is 2. The number of rotatable bonds is 8. The second-order valence-electron chi connectivity index (χ2n) is 7.52. The molecule has 2 N–H and O–H groups in total. The molecule has 6 nitrogen and oxygen atoms in total.